The molecule has 0 unspecified atom stereocenters. The molecule has 0 saturated heterocycles. The summed E-state index contributed by atoms with van der Waals surface area (Å²) in [6, 6.07) is 7.20. The van der Waals surface area contributed by atoms with Crippen LogP contribution in [0.2, 0.25) is 0 Å². The Balaban J connectivity index is 1.85. The first-order valence-electron chi connectivity index (χ1n) is 8.04. The highest BCUT2D eigenvalue weighted by Gasteiger charge is 2.18. The maximum atomic E-state index is 12.5. The van der Waals surface area contributed by atoms with Crippen LogP contribution in [0.25, 0.3) is 0 Å². The van der Waals surface area contributed by atoms with E-state index in [0.717, 1.165) is 5.69 Å². The monoisotopic (exact) mass is 329 g/mol. The number of furan rings is 1. The van der Waals surface area contributed by atoms with Gasteiger partial charge in [0, 0.05) is 25.7 Å². The number of aromatic nitrogens is 1. The third-order valence-electron chi connectivity index (χ3n) is 3.44. The van der Waals surface area contributed by atoms with Crippen LogP contribution in [0.4, 0.5) is 0 Å². The lowest BCUT2D eigenvalue weighted by Crippen LogP contribution is -2.37. The first-order chi connectivity index (χ1) is 11.6. The second kappa shape index (κ2) is 8.86. The summed E-state index contributed by atoms with van der Waals surface area (Å²) in [5.74, 6) is 0.0989. The van der Waals surface area contributed by atoms with Crippen LogP contribution in [0.15, 0.2) is 47.4 Å². The number of nitrogens with one attached hydrogen (secondary N) is 1. The zero-order valence-corrected chi connectivity index (χ0v) is 14.1. The second-order valence-corrected chi connectivity index (χ2v) is 6.00. The molecule has 6 heteroatoms. The average Bonchev–Trinajstić information content (AvgIpc) is 3.11. The minimum atomic E-state index is -0.116. The SMILES string of the molecule is CC(C)CN(CCC(=O)NCc1ccccn1)C(=O)c1ccoc1. The Hall–Kier alpha value is -2.63. The van der Waals surface area contributed by atoms with Gasteiger partial charge in [-0.3, -0.25) is 14.6 Å². The molecule has 2 aromatic heterocycles. The Kier molecular flexibility index (Phi) is 6.54. The van der Waals surface area contributed by atoms with E-state index in [9.17, 15) is 9.59 Å². The fourth-order valence-electron chi connectivity index (χ4n) is 2.30. The smallest absolute Gasteiger partial charge is 0.257 e. The molecular formula is C18H23N3O3. The number of pyridine rings is 1. The van der Waals surface area contributed by atoms with Gasteiger partial charge in [-0.15, -0.1) is 0 Å². The van der Waals surface area contributed by atoms with E-state index in [2.05, 4.69) is 10.3 Å². The fourth-order valence-corrected chi connectivity index (χ4v) is 2.30. The van der Waals surface area contributed by atoms with Gasteiger partial charge in [0.25, 0.3) is 5.91 Å². The summed E-state index contributed by atoms with van der Waals surface area (Å²) < 4.78 is 4.97. The predicted molar refractivity (Wildman–Crippen MR) is 90.2 cm³/mol. The van der Waals surface area contributed by atoms with Gasteiger partial charge in [-0.1, -0.05) is 19.9 Å². The lowest BCUT2D eigenvalue weighted by molar-refractivity contribution is -0.121. The van der Waals surface area contributed by atoms with E-state index in [1.807, 2.05) is 32.0 Å². The van der Waals surface area contributed by atoms with Crippen LogP contribution in [0.5, 0.6) is 0 Å². The zero-order chi connectivity index (χ0) is 17.4. The van der Waals surface area contributed by atoms with Crippen molar-refractivity contribution in [3.8, 4) is 0 Å². The molecule has 0 aliphatic heterocycles. The van der Waals surface area contributed by atoms with Gasteiger partial charge in [0.15, 0.2) is 0 Å². The molecule has 0 bridgehead atoms. The molecule has 0 fully saturated rings. The molecule has 2 rings (SSSR count). The van der Waals surface area contributed by atoms with Gasteiger partial charge in [-0.2, -0.15) is 0 Å². The van der Waals surface area contributed by atoms with E-state index < -0.39 is 0 Å². The normalized spacial score (nSPS) is 10.6. The van der Waals surface area contributed by atoms with E-state index in [0.29, 0.717) is 31.1 Å². The summed E-state index contributed by atoms with van der Waals surface area (Å²) in [6.07, 6.45) is 4.84. The summed E-state index contributed by atoms with van der Waals surface area (Å²) >= 11 is 0. The van der Waals surface area contributed by atoms with Gasteiger partial charge in [0.05, 0.1) is 24.1 Å². The van der Waals surface area contributed by atoms with Crippen molar-refractivity contribution in [1.82, 2.24) is 15.2 Å². The van der Waals surface area contributed by atoms with Gasteiger partial charge >= 0.3 is 0 Å². The third-order valence-corrected chi connectivity index (χ3v) is 3.44. The van der Waals surface area contributed by atoms with E-state index in [1.54, 1.807) is 17.2 Å². The molecule has 0 radical (unpaired) electrons. The maximum Gasteiger partial charge on any atom is 0.257 e. The van der Waals surface area contributed by atoms with E-state index in [4.69, 9.17) is 4.42 Å². The number of rotatable bonds is 8. The molecule has 0 atom stereocenters. The van der Waals surface area contributed by atoms with Crippen molar-refractivity contribution in [3.05, 3.63) is 54.2 Å². The van der Waals surface area contributed by atoms with Crippen molar-refractivity contribution in [2.45, 2.75) is 26.8 Å². The van der Waals surface area contributed by atoms with E-state index >= 15 is 0 Å². The molecule has 0 spiro atoms. The molecule has 24 heavy (non-hydrogen) atoms. The van der Waals surface area contributed by atoms with Crippen LogP contribution >= 0.6 is 0 Å². The van der Waals surface area contributed by atoms with Gasteiger partial charge in [-0.25, -0.2) is 0 Å². The molecule has 128 valence electrons. The Morgan fingerprint density at radius 3 is 2.75 bits per heavy atom. The van der Waals surface area contributed by atoms with Crippen LogP contribution in [-0.4, -0.2) is 34.8 Å². The number of amides is 2. The Bertz CT molecular complexity index is 639. The van der Waals surface area contributed by atoms with Crippen molar-refractivity contribution < 1.29 is 14.0 Å². The lowest BCUT2D eigenvalue weighted by atomic mass is 10.1. The van der Waals surface area contributed by atoms with Crippen LogP contribution < -0.4 is 5.32 Å². The highest BCUT2D eigenvalue weighted by atomic mass is 16.3. The maximum absolute atomic E-state index is 12.5. The number of hydrogen-bond donors (Lipinski definition) is 1. The third kappa shape index (κ3) is 5.53. The van der Waals surface area contributed by atoms with Gasteiger partial charge in [0.2, 0.25) is 5.91 Å². The summed E-state index contributed by atoms with van der Waals surface area (Å²) in [5.41, 5.74) is 1.31. The van der Waals surface area contributed by atoms with E-state index in [1.165, 1.54) is 12.5 Å². The molecule has 2 amide bonds. The largest absolute Gasteiger partial charge is 0.472 e. The predicted octanol–water partition coefficient (Wildman–Crippen LogP) is 2.48. The number of carbonyl (C=O) groups is 2. The van der Waals surface area contributed by atoms with Gasteiger partial charge in [-0.05, 0) is 24.1 Å². The fraction of sp³-hybridized carbons (Fsp3) is 0.389. The van der Waals surface area contributed by atoms with Crippen LogP contribution in [0.3, 0.4) is 0 Å². The standard InChI is InChI=1S/C18H23N3O3/c1-14(2)12-21(18(23)15-7-10-24-13-15)9-6-17(22)20-11-16-5-3-4-8-19-16/h3-5,7-8,10,13-14H,6,9,11-12H2,1-2H3,(H,20,22). The molecule has 0 aromatic carbocycles. The second-order valence-electron chi connectivity index (χ2n) is 6.00. The van der Waals surface area contributed by atoms with Gasteiger partial charge in [0.1, 0.15) is 6.26 Å². The molecule has 1 N–H and O–H groups in total. The van der Waals surface area contributed by atoms with Crippen LogP contribution in [-0.2, 0) is 11.3 Å². The molecule has 2 heterocycles. The van der Waals surface area contributed by atoms with Crippen molar-refractivity contribution in [1.29, 1.82) is 0 Å². The van der Waals surface area contributed by atoms with E-state index in [-0.39, 0.29) is 18.2 Å². The van der Waals surface area contributed by atoms with Crippen molar-refractivity contribution in [2.24, 2.45) is 5.92 Å². The quantitative estimate of drug-likeness (QED) is 0.807. The number of nitrogens with zero attached hydrogens (tertiary/aromatic N) is 2. The Morgan fingerprint density at radius 1 is 1.29 bits per heavy atom. The highest BCUT2D eigenvalue weighted by Crippen LogP contribution is 2.09. The first kappa shape index (κ1) is 17.7. The molecule has 0 saturated carbocycles. The minimum Gasteiger partial charge on any atom is -0.472 e. The summed E-state index contributed by atoms with van der Waals surface area (Å²) in [7, 11) is 0. The number of carbonyl (C=O) groups excluding carboxylic acids is 2. The molecule has 2 aromatic rings. The molecule has 0 aliphatic rings. The Labute approximate surface area is 141 Å². The Morgan fingerprint density at radius 2 is 2.12 bits per heavy atom. The minimum absolute atomic E-state index is 0.102. The lowest BCUT2D eigenvalue weighted by Gasteiger charge is -2.24. The summed E-state index contributed by atoms with van der Waals surface area (Å²) in [6.45, 7) is 5.43. The van der Waals surface area contributed by atoms with Crippen molar-refractivity contribution in [3.63, 3.8) is 0 Å². The topological polar surface area (TPSA) is 75.4 Å². The van der Waals surface area contributed by atoms with Crippen molar-refractivity contribution >= 4 is 11.8 Å². The van der Waals surface area contributed by atoms with Crippen molar-refractivity contribution in [2.75, 3.05) is 13.1 Å². The van der Waals surface area contributed by atoms with Crippen LogP contribution in [0, 0.1) is 5.92 Å². The average molecular weight is 329 g/mol. The molecular weight excluding hydrogens is 306 g/mol. The molecule has 0 aliphatic carbocycles. The summed E-state index contributed by atoms with van der Waals surface area (Å²) in [4.78, 5) is 30.3. The molecule has 6 nitrogen and oxygen atoms in total. The van der Waals surface area contributed by atoms with Crippen LogP contribution in [0.1, 0.15) is 36.3 Å². The zero-order valence-electron chi connectivity index (χ0n) is 14.1. The first-order valence-corrected chi connectivity index (χ1v) is 8.04. The number of hydrogen-bond acceptors (Lipinski definition) is 4. The highest BCUT2D eigenvalue weighted by molar-refractivity contribution is 5.94. The van der Waals surface area contributed by atoms with Gasteiger partial charge < -0.3 is 14.6 Å². The summed E-state index contributed by atoms with van der Waals surface area (Å²) in [5, 5.41) is 2.82.